The van der Waals surface area contributed by atoms with Crippen LogP contribution in [-0.2, 0) is 16.4 Å². The van der Waals surface area contributed by atoms with Gasteiger partial charge in [0.15, 0.2) is 0 Å². The number of halogens is 2. The smallest absolute Gasteiger partial charge is 0.255 e. The molecule has 0 saturated heterocycles. The number of benzene rings is 3. The van der Waals surface area contributed by atoms with E-state index in [-0.39, 0.29) is 33.5 Å². The molecule has 0 aliphatic rings. The molecule has 0 fully saturated rings. The fraction of sp³-hybridized carbons (Fsp3) is 0.136. The van der Waals surface area contributed by atoms with Crippen molar-refractivity contribution in [1.82, 2.24) is 4.72 Å². The molecule has 0 bridgehead atoms. The van der Waals surface area contributed by atoms with Gasteiger partial charge in [-0.25, -0.2) is 17.5 Å². The highest BCUT2D eigenvalue weighted by Crippen LogP contribution is 2.26. The number of sulfonamides is 1. The van der Waals surface area contributed by atoms with E-state index >= 15 is 0 Å². The second-order valence-electron chi connectivity index (χ2n) is 6.58. The van der Waals surface area contributed by atoms with Crippen LogP contribution in [0.3, 0.4) is 0 Å². The largest absolute Gasteiger partial charge is 0.495 e. The molecule has 3 aromatic rings. The highest BCUT2D eigenvalue weighted by molar-refractivity contribution is 7.89. The summed E-state index contributed by atoms with van der Waals surface area (Å²) in [6.45, 7) is 0.181. The average Bonchev–Trinajstić information content (AvgIpc) is 2.76. The van der Waals surface area contributed by atoms with Crippen LogP contribution in [0.25, 0.3) is 0 Å². The van der Waals surface area contributed by atoms with Gasteiger partial charge in [0.05, 0.1) is 12.1 Å². The summed E-state index contributed by atoms with van der Waals surface area (Å²) in [6.07, 6.45) is 0.508. The van der Waals surface area contributed by atoms with E-state index in [9.17, 15) is 17.6 Å². The molecule has 0 atom stereocenters. The molecule has 0 saturated carbocycles. The van der Waals surface area contributed by atoms with Gasteiger partial charge in [-0.15, -0.1) is 0 Å². The second kappa shape index (κ2) is 9.91. The second-order valence-corrected chi connectivity index (χ2v) is 8.72. The minimum atomic E-state index is -3.94. The van der Waals surface area contributed by atoms with Crippen molar-refractivity contribution < 1.29 is 22.3 Å². The maximum absolute atomic E-state index is 13.3. The third-order valence-electron chi connectivity index (χ3n) is 4.44. The van der Waals surface area contributed by atoms with Crippen LogP contribution in [0.2, 0.25) is 5.02 Å². The first kappa shape index (κ1) is 22.7. The van der Waals surface area contributed by atoms with Crippen molar-refractivity contribution in [2.24, 2.45) is 0 Å². The molecule has 0 unspecified atom stereocenters. The molecule has 0 radical (unpaired) electrons. The summed E-state index contributed by atoms with van der Waals surface area (Å²) in [5.74, 6) is -1.08. The van der Waals surface area contributed by atoms with E-state index in [1.54, 1.807) is 0 Å². The van der Waals surface area contributed by atoms with Crippen LogP contribution < -0.4 is 14.8 Å². The topological polar surface area (TPSA) is 84.5 Å². The number of carbonyl (C=O) groups excluding carboxylic acids is 1. The molecule has 1 amide bonds. The van der Waals surface area contributed by atoms with E-state index < -0.39 is 21.7 Å². The Kier molecular flexibility index (Phi) is 7.27. The summed E-state index contributed by atoms with van der Waals surface area (Å²) >= 11 is 5.73. The van der Waals surface area contributed by atoms with Gasteiger partial charge in [-0.3, -0.25) is 4.79 Å². The van der Waals surface area contributed by atoms with Crippen molar-refractivity contribution >= 4 is 33.2 Å². The Morgan fingerprint density at radius 1 is 1.06 bits per heavy atom. The predicted molar refractivity (Wildman–Crippen MR) is 118 cm³/mol. The number of ether oxygens (including phenoxy) is 1. The summed E-state index contributed by atoms with van der Waals surface area (Å²) in [7, 11) is -2.59. The van der Waals surface area contributed by atoms with Gasteiger partial charge in [0, 0.05) is 17.8 Å². The maximum atomic E-state index is 13.3. The zero-order valence-corrected chi connectivity index (χ0v) is 18.1. The van der Waals surface area contributed by atoms with Crippen molar-refractivity contribution in [3.05, 3.63) is 88.7 Å². The quantitative estimate of drug-likeness (QED) is 0.524. The lowest BCUT2D eigenvalue weighted by Crippen LogP contribution is -2.27. The number of hydrogen-bond acceptors (Lipinski definition) is 4. The van der Waals surface area contributed by atoms with Gasteiger partial charge in [0.1, 0.15) is 16.5 Å². The predicted octanol–water partition coefficient (Wildman–Crippen LogP) is 4.26. The van der Waals surface area contributed by atoms with Crippen LogP contribution in [0.1, 0.15) is 15.9 Å². The van der Waals surface area contributed by atoms with Gasteiger partial charge in [-0.05, 0) is 48.4 Å². The van der Waals surface area contributed by atoms with Crippen molar-refractivity contribution in [3.63, 3.8) is 0 Å². The Morgan fingerprint density at radius 3 is 2.48 bits per heavy atom. The molecule has 0 aromatic heterocycles. The molecule has 162 valence electrons. The van der Waals surface area contributed by atoms with Crippen LogP contribution in [0.4, 0.5) is 10.1 Å². The normalized spacial score (nSPS) is 11.2. The van der Waals surface area contributed by atoms with Gasteiger partial charge in [0.25, 0.3) is 5.91 Å². The van der Waals surface area contributed by atoms with Gasteiger partial charge in [-0.2, -0.15) is 0 Å². The third kappa shape index (κ3) is 5.81. The third-order valence-corrected chi connectivity index (χ3v) is 6.21. The van der Waals surface area contributed by atoms with Gasteiger partial charge in [-0.1, -0.05) is 41.9 Å². The minimum absolute atomic E-state index is 0.0877. The zero-order valence-electron chi connectivity index (χ0n) is 16.6. The van der Waals surface area contributed by atoms with Crippen LogP contribution >= 0.6 is 11.6 Å². The maximum Gasteiger partial charge on any atom is 0.255 e. The van der Waals surface area contributed by atoms with Crippen molar-refractivity contribution in [3.8, 4) is 5.75 Å². The molecular weight excluding hydrogens is 443 g/mol. The number of anilines is 1. The number of nitrogens with one attached hydrogen (secondary N) is 2. The summed E-state index contributed by atoms with van der Waals surface area (Å²) in [5.41, 5.74) is 1.35. The van der Waals surface area contributed by atoms with E-state index in [0.29, 0.717) is 6.42 Å². The summed E-state index contributed by atoms with van der Waals surface area (Å²) in [4.78, 5) is 12.4. The Bertz CT molecular complexity index is 1190. The molecule has 0 heterocycles. The fourth-order valence-corrected chi connectivity index (χ4v) is 4.26. The van der Waals surface area contributed by atoms with Crippen molar-refractivity contribution in [2.45, 2.75) is 11.3 Å². The lowest BCUT2D eigenvalue weighted by atomic mass is 10.2. The van der Waals surface area contributed by atoms with Crippen LogP contribution in [-0.4, -0.2) is 28.0 Å². The van der Waals surface area contributed by atoms with Crippen molar-refractivity contribution in [1.29, 1.82) is 0 Å². The monoisotopic (exact) mass is 462 g/mol. The molecule has 0 spiro atoms. The van der Waals surface area contributed by atoms with E-state index in [4.69, 9.17) is 16.3 Å². The number of carbonyl (C=O) groups is 1. The average molecular weight is 463 g/mol. The number of hydrogen-bond donors (Lipinski definition) is 2. The molecule has 0 aliphatic carbocycles. The molecule has 9 heteroatoms. The van der Waals surface area contributed by atoms with Gasteiger partial charge < -0.3 is 10.1 Å². The number of amides is 1. The summed E-state index contributed by atoms with van der Waals surface area (Å²) < 4.78 is 46.7. The van der Waals surface area contributed by atoms with Crippen LogP contribution in [0.15, 0.2) is 71.6 Å². The number of methoxy groups -OCH3 is 1. The first-order chi connectivity index (χ1) is 14.8. The standard InChI is InChI=1S/C22H20ClFN2O4S/c1-30-20-10-7-16(22(27)26-17-8-9-19(24)18(23)14-17)13-21(20)31(28,29)25-12-11-15-5-3-2-4-6-15/h2-10,13-14,25H,11-12H2,1H3,(H,26,27). The first-order valence-electron chi connectivity index (χ1n) is 9.28. The van der Waals surface area contributed by atoms with E-state index in [0.717, 1.165) is 11.6 Å². The molecule has 6 nitrogen and oxygen atoms in total. The minimum Gasteiger partial charge on any atom is -0.495 e. The Hall–Kier alpha value is -2.94. The molecule has 0 aliphatic heterocycles. The lowest BCUT2D eigenvalue weighted by molar-refractivity contribution is 0.102. The molecular formula is C22H20ClFN2O4S. The SMILES string of the molecule is COc1ccc(C(=O)Nc2ccc(F)c(Cl)c2)cc1S(=O)(=O)NCCc1ccccc1. The van der Waals surface area contributed by atoms with Gasteiger partial charge >= 0.3 is 0 Å². The molecule has 2 N–H and O–H groups in total. The van der Waals surface area contributed by atoms with Crippen LogP contribution in [0.5, 0.6) is 5.75 Å². The van der Waals surface area contributed by atoms with Gasteiger partial charge in [0.2, 0.25) is 10.0 Å². The first-order valence-corrected chi connectivity index (χ1v) is 11.1. The van der Waals surface area contributed by atoms with E-state index in [2.05, 4.69) is 10.0 Å². The Balaban J connectivity index is 1.78. The van der Waals surface area contributed by atoms with E-state index in [1.807, 2.05) is 30.3 Å². The van der Waals surface area contributed by atoms with Crippen LogP contribution in [0, 0.1) is 5.82 Å². The fourth-order valence-electron chi connectivity index (χ4n) is 2.86. The van der Waals surface area contributed by atoms with E-state index in [1.165, 1.54) is 37.4 Å². The highest BCUT2D eigenvalue weighted by Gasteiger charge is 2.21. The summed E-state index contributed by atoms with van der Waals surface area (Å²) in [6, 6.07) is 17.3. The van der Waals surface area contributed by atoms with Crippen molar-refractivity contribution in [2.75, 3.05) is 19.0 Å². The molecule has 3 rings (SSSR count). The Morgan fingerprint density at radius 2 is 1.81 bits per heavy atom. The lowest BCUT2D eigenvalue weighted by Gasteiger charge is -2.13. The molecule has 3 aromatic carbocycles. The summed E-state index contributed by atoms with van der Waals surface area (Å²) in [5, 5.41) is 2.42. The Labute approximate surface area is 185 Å². The molecule has 31 heavy (non-hydrogen) atoms. The number of rotatable bonds is 8. The zero-order chi connectivity index (χ0) is 22.4. The highest BCUT2D eigenvalue weighted by atomic mass is 35.5.